The number of amides is 1. The first-order valence-corrected chi connectivity index (χ1v) is 8.02. The van der Waals surface area contributed by atoms with Crippen molar-refractivity contribution in [3.05, 3.63) is 0 Å². The molecular weight excluding hydrogens is 280 g/mol. The summed E-state index contributed by atoms with van der Waals surface area (Å²) in [6.45, 7) is 4.40. The van der Waals surface area contributed by atoms with Gasteiger partial charge in [0, 0.05) is 12.3 Å². The van der Waals surface area contributed by atoms with Crippen molar-refractivity contribution in [3.8, 4) is 0 Å². The maximum Gasteiger partial charge on any atom is 0.327 e. The molecule has 0 bridgehead atoms. The first-order valence-electron chi connectivity index (χ1n) is 6.97. The van der Waals surface area contributed by atoms with E-state index in [1.54, 1.807) is 0 Å². The maximum atomic E-state index is 12.6. The van der Waals surface area contributed by atoms with Gasteiger partial charge in [0.1, 0.15) is 12.1 Å². The normalized spacial score (nSPS) is 33.9. The lowest BCUT2D eigenvalue weighted by molar-refractivity contribution is -0.155. The van der Waals surface area contributed by atoms with Gasteiger partial charge in [-0.25, -0.2) is 4.79 Å². The lowest BCUT2D eigenvalue weighted by Gasteiger charge is -2.31. The summed E-state index contributed by atoms with van der Waals surface area (Å²) in [5.41, 5.74) is 5.55. The first kappa shape index (κ1) is 15.6. The third-order valence-corrected chi connectivity index (χ3v) is 5.41. The standard InChI is InChI=1S/C13H22N2O4S/c1-7(2)12-15(9(6-20-12)13(17)18)11(16)10-4-3-8(5-14)19-10/h7-10,12H,3-6,14H2,1-2H3,(H,17,18). The van der Waals surface area contributed by atoms with Crippen molar-refractivity contribution in [3.63, 3.8) is 0 Å². The highest BCUT2D eigenvalue weighted by Crippen LogP contribution is 2.36. The summed E-state index contributed by atoms with van der Waals surface area (Å²) in [4.78, 5) is 25.5. The number of rotatable bonds is 4. The molecule has 2 aliphatic rings. The Kier molecular flexibility index (Phi) is 4.93. The number of hydrogen-bond donors (Lipinski definition) is 2. The number of ether oxygens (including phenoxy) is 1. The molecule has 0 aliphatic carbocycles. The van der Waals surface area contributed by atoms with E-state index in [2.05, 4.69) is 0 Å². The summed E-state index contributed by atoms with van der Waals surface area (Å²) in [7, 11) is 0. The van der Waals surface area contributed by atoms with Crippen molar-refractivity contribution >= 4 is 23.6 Å². The van der Waals surface area contributed by atoms with Gasteiger partial charge in [0.15, 0.2) is 0 Å². The molecule has 2 saturated heterocycles. The fraction of sp³-hybridized carbons (Fsp3) is 0.846. The van der Waals surface area contributed by atoms with E-state index in [1.807, 2.05) is 13.8 Å². The predicted molar refractivity (Wildman–Crippen MR) is 76.3 cm³/mol. The Balaban J connectivity index is 2.13. The molecule has 114 valence electrons. The Morgan fingerprint density at radius 2 is 2.15 bits per heavy atom. The minimum Gasteiger partial charge on any atom is -0.480 e. The Morgan fingerprint density at radius 1 is 1.45 bits per heavy atom. The molecule has 1 amide bonds. The van der Waals surface area contributed by atoms with Crippen molar-refractivity contribution in [2.45, 2.75) is 50.3 Å². The van der Waals surface area contributed by atoms with Crippen LogP contribution in [0.5, 0.6) is 0 Å². The van der Waals surface area contributed by atoms with E-state index in [0.29, 0.717) is 18.7 Å². The van der Waals surface area contributed by atoms with Gasteiger partial charge in [-0.2, -0.15) is 0 Å². The highest BCUT2D eigenvalue weighted by molar-refractivity contribution is 8.00. The van der Waals surface area contributed by atoms with Crippen LogP contribution in [0.2, 0.25) is 0 Å². The SMILES string of the molecule is CC(C)C1SCC(C(=O)O)N1C(=O)C1CCC(CN)O1. The molecule has 7 heteroatoms. The van der Waals surface area contributed by atoms with Crippen LogP contribution in [0, 0.1) is 5.92 Å². The second-order valence-corrected chi connectivity index (χ2v) is 6.78. The van der Waals surface area contributed by atoms with Gasteiger partial charge in [-0.15, -0.1) is 11.8 Å². The Hall–Kier alpha value is -0.790. The van der Waals surface area contributed by atoms with Crippen LogP contribution in [0.15, 0.2) is 0 Å². The van der Waals surface area contributed by atoms with Crippen LogP contribution in [0.1, 0.15) is 26.7 Å². The monoisotopic (exact) mass is 302 g/mol. The molecule has 0 saturated carbocycles. The molecule has 0 spiro atoms. The average Bonchev–Trinajstić information content (AvgIpc) is 3.04. The minimum atomic E-state index is -0.942. The molecule has 3 N–H and O–H groups in total. The van der Waals surface area contributed by atoms with Crippen LogP contribution in [-0.2, 0) is 14.3 Å². The van der Waals surface area contributed by atoms with E-state index in [4.69, 9.17) is 10.5 Å². The van der Waals surface area contributed by atoms with Crippen molar-refractivity contribution in [2.75, 3.05) is 12.3 Å². The Morgan fingerprint density at radius 3 is 2.65 bits per heavy atom. The smallest absolute Gasteiger partial charge is 0.327 e. The van der Waals surface area contributed by atoms with Crippen LogP contribution in [0.4, 0.5) is 0 Å². The van der Waals surface area contributed by atoms with Crippen molar-refractivity contribution in [2.24, 2.45) is 11.7 Å². The fourth-order valence-corrected chi connectivity index (χ4v) is 4.22. The molecule has 20 heavy (non-hydrogen) atoms. The van der Waals surface area contributed by atoms with Gasteiger partial charge in [0.2, 0.25) is 0 Å². The number of nitrogens with zero attached hydrogens (tertiary/aromatic N) is 1. The summed E-state index contributed by atoms with van der Waals surface area (Å²) in [5, 5.41) is 9.21. The molecule has 4 atom stereocenters. The number of hydrogen-bond acceptors (Lipinski definition) is 5. The topological polar surface area (TPSA) is 92.9 Å². The molecule has 6 nitrogen and oxygen atoms in total. The van der Waals surface area contributed by atoms with E-state index in [1.165, 1.54) is 16.7 Å². The average molecular weight is 302 g/mol. The molecule has 0 aromatic heterocycles. The van der Waals surface area contributed by atoms with Crippen LogP contribution in [0.25, 0.3) is 0 Å². The summed E-state index contributed by atoms with van der Waals surface area (Å²) >= 11 is 1.53. The Bertz CT molecular complexity index is 391. The van der Waals surface area contributed by atoms with Gasteiger partial charge in [-0.05, 0) is 18.8 Å². The lowest BCUT2D eigenvalue weighted by Crippen LogP contribution is -2.51. The van der Waals surface area contributed by atoms with E-state index < -0.39 is 18.1 Å². The molecule has 0 radical (unpaired) electrons. The van der Waals surface area contributed by atoms with Gasteiger partial charge in [0.25, 0.3) is 5.91 Å². The lowest BCUT2D eigenvalue weighted by atomic mass is 10.1. The van der Waals surface area contributed by atoms with E-state index >= 15 is 0 Å². The minimum absolute atomic E-state index is 0.0833. The third kappa shape index (κ3) is 2.94. The van der Waals surface area contributed by atoms with Gasteiger partial charge < -0.3 is 20.5 Å². The zero-order valence-corrected chi connectivity index (χ0v) is 12.6. The van der Waals surface area contributed by atoms with Crippen LogP contribution in [-0.4, -0.2) is 57.8 Å². The second-order valence-electron chi connectivity index (χ2n) is 5.63. The van der Waals surface area contributed by atoms with Gasteiger partial charge in [-0.3, -0.25) is 4.79 Å². The second kappa shape index (κ2) is 6.32. The largest absolute Gasteiger partial charge is 0.480 e. The van der Waals surface area contributed by atoms with Crippen LogP contribution < -0.4 is 5.73 Å². The zero-order chi connectivity index (χ0) is 14.9. The highest BCUT2D eigenvalue weighted by Gasteiger charge is 2.46. The maximum absolute atomic E-state index is 12.6. The van der Waals surface area contributed by atoms with Crippen molar-refractivity contribution in [1.82, 2.24) is 4.90 Å². The summed E-state index contributed by atoms with van der Waals surface area (Å²) in [5.74, 6) is -0.490. The quantitative estimate of drug-likeness (QED) is 0.786. The van der Waals surface area contributed by atoms with E-state index in [9.17, 15) is 14.7 Å². The highest BCUT2D eigenvalue weighted by atomic mass is 32.2. The molecule has 2 fully saturated rings. The van der Waals surface area contributed by atoms with Crippen molar-refractivity contribution in [1.29, 1.82) is 0 Å². The van der Waals surface area contributed by atoms with Gasteiger partial charge in [-0.1, -0.05) is 13.8 Å². The summed E-state index contributed by atoms with van der Waals surface area (Å²) in [6, 6.07) is -0.750. The number of carbonyl (C=O) groups excluding carboxylic acids is 1. The van der Waals surface area contributed by atoms with Crippen LogP contribution >= 0.6 is 11.8 Å². The third-order valence-electron chi connectivity index (χ3n) is 3.79. The van der Waals surface area contributed by atoms with Crippen molar-refractivity contribution < 1.29 is 19.4 Å². The number of thioether (sulfide) groups is 1. The molecule has 2 heterocycles. The van der Waals surface area contributed by atoms with E-state index in [-0.39, 0.29) is 23.3 Å². The molecule has 4 unspecified atom stereocenters. The molecule has 0 aromatic rings. The van der Waals surface area contributed by atoms with Gasteiger partial charge in [0.05, 0.1) is 11.5 Å². The van der Waals surface area contributed by atoms with Crippen LogP contribution in [0.3, 0.4) is 0 Å². The van der Waals surface area contributed by atoms with Gasteiger partial charge >= 0.3 is 5.97 Å². The van der Waals surface area contributed by atoms with E-state index in [0.717, 1.165) is 6.42 Å². The fourth-order valence-electron chi connectivity index (χ4n) is 2.74. The number of nitrogens with two attached hydrogens (primary N) is 1. The predicted octanol–water partition coefficient (Wildman–Crippen LogP) is 0.503. The number of carboxylic acids is 1. The number of aliphatic carboxylic acids is 1. The molecular formula is C13H22N2O4S. The Labute approximate surface area is 123 Å². The summed E-state index contributed by atoms with van der Waals surface area (Å²) in [6.07, 6.45) is 0.766. The molecule has 0 aromatic carbocycles. The number of carboxylic acid groups (broad SMARTS) is 1. The summed E-state index contributed by atoms with van der Waals surface area (Å²) < 4.78 is 5.62. The zero-order valence-electron chi connectivity index (χ0n) is 11.8. The molecule has 2 aliphatic heterocycles. The molecule has 2 rings (SSSR count). The first-order chi connectivity index (χ1) is 9.45. The number of carbonyl (C=O) groups is 2.